The summed E-state index contributed by atoms with van der Waals surface area (Å²) in [4.78, 5) is 42.9. The number of aliphatic hydroxyl groups excluding tert-OH is 1. The Balaban J connectivity index is 1.89. The van der Waals surface area contributed by atoms with Crippen molar-refractivity contribution in [2.24, 2.45) is 7.05 Å². The maximum absolute atomic E-state index is 12.4. The molecule has 0 aliphatic carbocycles. The molecule has 3 aromatic rings. The van der Waals surface area contributed by atoms with E-state index in [0.717, 1.165) is 5.56 Å². The number of benzene rings is 1. The third-order valence-corrected chi connectivity index (χ3v) is 5.02. The molecule has 10 heteroatoms. The Labute approximate surface area is 176 Å². The lowest BCUT2D eigenvalue weighted by molar-refractivity contribution is -0.142. The van der Waals surface area contributed by atoms with Gasteiger partial charge in [0, 0.05) is 18.6 Å². The summed E-state index contributed by atoms with van der Waals surface area (Å²) in [5.41, 5.74) is 0.0882. The fourth-order valence-electron chi connectivity index (χ4n) is 3.27. The summed E-state index contributed by atoms with van der Waals surface area (Å²) in [6, 6.07) is 7.19. The number of aromatic amines is 1. The SMILES string of the molecule is CCOC(=O)Cc1nc2c(c(=O)[nH]c(=O)n2C)n1CCC(O)Cc1ccc(Cl)cc1. The molecular formula is C20H23ClN4O5. The highest BCUT2D eigenvalue weighted by molar-refractivity contribution is 6.30. The number of hydrogen-bond donors (Lipinski definition) is 2. The molecule has 2 aromatic heterocycles. The lowest BCUT2D eigenvalue weighted by Crippen LogP contribution is -2.29. The number of H-pyrrole nitrogens is 1. The second kappa shape index (κ2) is 9.27. The Morgan fingerprint density at radius 1 is 1.30 bits per heavy atom. The van der Waals surface area contributed by atoms with Gasteiger partial charge in [0.15, 0.2) is 11.2 Å². The lowest BCUT2D eigenvalue weighted by Gasteiger charge is -2.13. The van der Waals surface area contributed by atoms with Crippen LogP contribution in [-0.4, -0.2) is 42.9 Å². The van der Waals surface area contributed by atoms with E-state index in [0.29, 0.717) is 23.7 Å². The highest BCUT2D eigenvalue weighted by Crippen LogP contribution is 2.16. The van der Waals surface area contributed by atoms with Crippen LogP contribution in [-0.2, 0) is 36.0 Å². The van der Waals surface area contributed by atoms with Gasteiger partial charge >= 0.3 is 11.7 Å². The van der Waals surface area contributed by atoms with Crippen LogP contribution in [0.1, 0.15) is 24.7 Å². The van der Waals surface area contributed by atoms with E-state index in [4.69, 9.17) is 16.3 Å². The van der Waals surface area contributed by atoms with Crippen LogP contribution in [0.2, 0.25) is 5.02 Å². The standard InChI is InChI=1S/C20H23ClN4O5/c1-3-30-16(27)11-15-22-18-17(19(28)23-20(29)24(18)2)25(15)9-8-14(26)10-12-4-6-13(21)7-5-12/h4-7,14,26H,3,8-11H2,1-2H3,(H,23,28,29). The largest absolute Gasteiger partial charge is 0.466 e. The Kier molecular flexibility index (Phi) is 6.73. The summed E-state index contributed by atoms with van der Waals surface area (Å²) in [6.07, 6.45) is -0.118. The maximum atomic E-state index is 12.4. The molecule has 2 N–H and O–H groups in total. The Morgan fingerprint density at radius 3 is 2.67 bits per heavy atom. The summed E-state index contributed by atoms with van der Waals surface area (Å²) < 4.78 is 7.77. The van der Waals surface area contributed by atoms with Crippen molar-refractivity contribution < 1.29 is 14.6 Å². The number of nitrogens with zero attached hydrogens (tertiary/aromatic N) is 3. The number of nitrogens with one attached hydrogen (secondary N) is 1. The number of aliphatic hydroxyl groups is 1. The Hall–Kier alpha value is -2.91. The van der Waals surface area contributed by atoms with Gasteiger partial charge < -0.3 is 14.4 Å². The number of esters is 1. The number of aryl methyl sites for hydroxylation is 2. The molecule has 0 aliphatic heterocycles. The van der Waals surface area contributed by atoms with Gasteiger partial charge in [-0.1, -0.05) is 23.7 Å². The zero-order chi connectivity index (χ0) is 21.8. The third-order valence-electron chi connectivity index (χ3n) is 4.76. The van der Waals surface area contributed by atoms with Crippen LogP contribution >= 0.6 is 11.6 Å². The van der Waals surface area contributed by atoms with Crippen molar-refractivity contribution in [1.82, 2.24) is 19.1 Å². The molecule has 0 spiro atoms. The van der Waals surface area contributed by atoms with E-state index in [9.17, 15) is 19.5 Å². The van der Waals surface area contributed by atoms with Crippen molar-refractivity contribution >= 4 is 28.7 Å². The number of hydrogen-bond acceptors (Lipinski definition) is 6. The van der Waals surface area contributed by atoms with E-state index < -0.39 is 23.3 Å². The van der Waals surface area contributed by atoms with Crippen molar-refractivity contribution in [2.75, 3.05) is 6.61 Å². The number of halogens is 1. The Morgan fingerprint density at radius 2 is 2.00 bits per heavy atom. The molecule has 0 saturated carbocycles. The molecule has 0 fully saturated rings. The first kappa shape index (κ1) is 21.8. The molecule has 0 amide bonds. The number of fused-ring (bicyclic) bond motifs is 1. The van der Waals surface area contributed by atoms with Crippen LogP contribution in [0.5, 0.6) is 0 Å². The monoisotopic (exact) mass is 434 g/mol. The molecule has 160 valence electrons. The summed E-state index contributed by atoms with van der Waals surface area (Å²) in [6.45, 7) is 2.15. The summed E-state index contributed by atoms with van der Waals surface area (Å²) in [5.74, 6) is -0.189. The first-order valence-corrected chi connectivity index (χ1v) is 9.94. The fourth-order valence-corrected chi connectivity index (χ4v) is 3.40. The van der Waals surface area contributed by atoms with Crippen molar-refractivity contribution in [3.8, 4) is 0 Å². The average molecular weight is 435 g/mol. The van der Waals surface area contributed by atoms with E-state index in [-0.39, 0.29) is 30.7 Å². The average Bonchev–Trinajstić information content (AvgIpc) is 3.05. The summed E-state index contributed by atoms with van der Waals surface area (Å²) in [5, 5.41) is 11.1. The normalized spacial score (nSPS) is 12.3. The zero-order valence-corrected chi connectivity index (χ0v) is 17.5. The van der Waals surface area contributed by atoms with Gasteiger partial charge in [-0.05, 0) is 37.5 Å². The molecular weight excluding hydrogens is 412 g/mol. The van der Waals surface area contributed by atoms with Crippen molar-refractivity contribution in [3.05, 3.63) is 61.5 Å². The van der Waals surface area contributed by atoms with E-state index in [2.05, 4.69) is 9.97 Å². The van der Waals surface area contributed by atoms with E-state index in [1.807, 2.05) is 12.1 Å². The molecule has 0 radical (unpaired) electrons. The fraction of sp³-hybridized carbons (Fsp3) is 0.400. The van der Waals surface area contributed by atoms with Crippen LogP contribution in [0, 0.1) is 0 Å². The number of aromatic nitrogens is 4. The molecule has 1 unspecified atom stereocenters. The van der Waals surface area contributed by atoms with Gasteiger partial charge in [0.2, 0.25) is 0 Å². The van der Waals surface area contributed by atoms with Crippen molar-refractivity contribution in [3.63, 3.8) is 0 Å². The van der Waals surface area contributed by atoms with E-state index in [1.165, 1.54) is 11.6 Å². The molecule has 0 aliphatic rings. The number of imidazole rings is 1. The topological polar surface area (TPSA) is 119 Å². The van der Waals surface area contributed by atoms with E-state index >= 15 is 0 Å². The first-order chi connectivity index (χ1) is 14.3. The van der Waals surface area contributed by atoms with Gasteiger partial charge in [0.25, 0.3) is 5.56 Å². The number of carbonyl (C=O) groups excluding carboxylic acids is 1. The first-order valence-electron chi connectivity index (χ1n) is 9.56. The van der Waals surface area contributed by atoms with Gasteiger partial charge in [0.1, 0.15) is 12.2 Å². The number of ether oxygens (including phenoxy) is 1. The predicted molar refractivity (Wildman–Crippen MR) is 112 cm³/mol. The number of rotatable bonds is 8. The minimum absolute atomic E-state index is 0.149. The van der Waals surface area contributed by atoms with Crippen LogP contribution < -0.4 is 11.2 Å². The van der Waals surface area contributed by atoms with Gasteiger partial charge in [-0.15, -0.1) is 0 Å². The Bertz CT molecular complexity index is 1160. The van der Waals surface area contributed by atoms with Gasteiger partial charge in [-0.2, -0.15) is 0 Å². The quantitative estimate of drug-likeness (QED) is 0.514. The summed E-state index contributed by atoms with van der Waals surface area (Å²) >= 11 is 5.89. The molecule has 2 heterocycles. The van der Waals surface area contributed by atoms with E-state index in [1.54, 1.807) is 23.6 Å². The maximum Gasteiger partial charge on any atom is 0.329 e. The molecule has 3 rings (SSSR count). The molecule has 1 atom stereocenters. The summed E-state index contributed by atoms with van der Waals surface area (Å²) in [7, 11) is 1.49. The molecule has 9 nitrogen and oxygen atoms in total. The molecule has 30 heavy (non-hydrogen) atoms. The van der Waals surface area contributed by atoms with Gasteiger partial charge in [-0.25, -0.2) is 9.78 Å². The molecule has 0 saturated heterocycles. The third kappa shape index (κ3) is 4.80. The minimum Gasteiger partial charge on any atom is -0.466 e. The number of carbonyl (C=O) groups is 1. The van der Waals surface area contributed by atoms with Gasteiger partial charge in [0.05, 0.1) is 12.7 Å². The molecule has 0 bridgehead atoms. The van der Waals surface area contributed by atoms with Crippen molar-refractivity contribution in [1.29, 1.82) is 0 Å². The minimum atomic E-state index is -0.689. The van der Waals surface area contributed by atoms with Gasteiger partial charge in [-0.3, -0.25) is 19.1 Å². The van der Waals surface area contributed by atoms with Crippen molar-refractivity contribution in [2.45, 2.75) is 38.8 Å². The van der Waals surface area contributed by atoms with Crippen LogP contribution in [0.3, 0.4) is 0 Å². The van der Waals surface area contributed by atoms with Crippen LogP contribution in [0.25, 0.3) is 11.2 Å². The second-order valence-electron chi connectivity index (χ2n) is 6.93. The predicted octanol–water partition coefficient (Wildman–Crippen LogP) is 1.18. The lowest BCUT2D eigenvalue weighted by atomic mass is 10.1. The highest BCUT2D eigenvalue weighted by atomic mass is 35.5. The zero-order valence-electron chi connectivity index (χ0n) is 16.7. The van der Waals surface area contributed by atoms with Crippen LogP contribution in [0.15, 0.2) is 33.9 Å². The second-order valence-corrected chi connectivity index (χ2v) is 7.36. The smallest absolute Gasteiger partial charge is 0.329 e. The van der Waals surface area contributed by atoms with Crippen LogP contribution in [0.4, 0.5) is 0 Å². The molecule has 1 aromatic carbocycles. The highest BCUT2D eigenvalue weighted by Gasteiger charge is 2.20.